The van der Waals surface area contributed by atoms with Crippen molar-refractivity contribution in [2.45, 2.75) is 31.7 Å². The average Bonchev–Trinajstić information content (AvgIpc) is 3.25. The molecule has 7 heteroatoms. The Balaban J connectivity index is 1.60. The average molecular weight is 413 g/mol. The molecule has 152 valence electrons. The number of hydrogen-bond acceptors (Lipinski definition) is 6. The van der Waals surface area contributed by atoms with Gasteiger partial charge in [-0.15, -0.1) is 0 Å². The fourth-order valence-corrected chi connectivity index (χ4v) is 4.15. The molecule has 0 radical (unpaired) electrons. The Morgan fingerprint density at radius 3 is 2.59 bits per heavy atom. The maximum Gasteiger partial charge on any atom is 0.341 e. The van der Waals surface area contributed by atoms with Crippen molar-refractivity contribution in [1.29, 1.82) is 0 Å². The van der Waals surface area contributed by atoms with Gasteiger partial charge in [0.2, 0.25) is 11.7 Å². The Morgan fingerprint density at radius 1 is 1.10 bits per heavy atom. The van der Waals surface area contributed by atoms with Crippen molar-refractivity contribution in [3.8, 4) is 0 Å². The summed E-state index contributed by atoms with van der Waals surface area (Å²) in [5.41, 5.74) is 2.72. The summed E-state index contributed by atoms with van der Waals surface area (Å²) in [6.07, 6.45) is 3.64. The van der Waals surface area contributed by atoms with Crippen LogP contribution >= 0.6 is 11.8 Å². The van der Waals surface area contributed by atoms with E-state index in [4.69, 9.17) is 4.74 Å². The topological polar surface area (TPSA) is 76.6 Å². The lowest BCUT2D eigenvalue weighted by Gasteiger charge is -2.15. The number of rotatable bonds is 7. The van der Waals surface area contributed by atoms with Crippen molar-refractivity contribution in [2.24, 2.45) is 0 Å². The van der Waals surface area contributed by atoms with Gasteiger partial charge in [-0.2, -0.15) is 0 Å². The van der Waals surface area contributed by atoms with E-state index < -0.39 is 5.97 Å². The minimum atomic E-state index is -0.618. The molecule has 29 heavy (non-hydrogen) atoms. The summed E-state index contributed by atoms with van der Waals surface area (Å²) in [5, 5.41) is 0.434. The third kappa shape index (κ3) is 5.44. The summed E-state index contributed by atoms with van der Waals surface area (Å²) in [5.74, 6) is -0.605. The first-order valence-corrected chi connectivity index (χ1v) is 10.6. The zero-order valence-electron chi connectivity index (χ0n) is 16.6. The van der Waals surface area contributed by atoms with Gasteiger partial charge in [-0.25, -0.2) is 9.78 Å². The predicted octanol–water partition coefficient (Wildman–Crippen LogP) is 3.45. The number of ether oxygens (including phenoxy) is 1. The zero-order chi connectivity index (χ0) is 20.8. The number of carbonyl (C=O) groups is 3. The molecule has 0 bridgehead atoms. The SMILES string of the molecule is Cc1ccc(C(=O)COC(=O)c2cccnc2SCC(=O)N2CCCC2)c(C)c1. The van der Waals surface area contributed by atoms with Crippen molar-refractivity contribution < 1.29 is 19.1 Å². The summed E-state index contributed by atoms with van der Waals surface area (Å²) in [4.78, 5) is 43.2. The number of benzene rings is 1. The van der Waals surface area contributed by atoms with Crippen LogP contribution in [0.3, 0.4) is 0 Å². The van der Waals surface area contributed by atoms with Crippen LogP contribution in [0.5, 0.6) is 0 Å². The highest BCUT2D eigenvalue weighted by atomic mass is 32.2. The van der Waals surface area contributed by atoms with Crippen LogP contribution in [0.4, 0.5) is 0 Å². The molecule has 1 aliphatic heterocycles. The fraction of sp³-hybridized carbons (Fsp3) is 0.364. The molecule has 0 saturated carbocycles. The molecule has 0 aliphatic carbocycles. The lowest BCUT2D eigenvalue weighted by molar-refractivity contribution is -0.127. The molecular weight excluding hydrogens is 388 g/mol. The summed E-state index contributed by atoms with van der Waals surface area (Å²) >= 11 is 1.22. The second-order valence-electron chi connectivity index (χ2n) is 7.05. The minimum Gasteiger partial charge on any atom is -0.454 e. The van der Waals surface area contributed by atoms with E-state index in [0.717, 1.165) is 37.1 Å². The summed E-state index contributed by atoms with van der Waals surface area (Å²) in [6, 6.07) is 8.75. The highest BCUT2D eigenvalue weighted by molar-refractivity contribution is 8.00. The summed E-state index contributed by atoms with van der Waals surface area (Å²) in [6.45, 7) is 5.05. The van der Waals surface area contributed by atoms with Crippen LogP contribution < -0.4 is 0 Å². The number of amides is 1. The van der Waals surface area contributed by atoms with Gasteiger partial charge >= 0.3 is 5.97 Å². The standard InChI is InChI=1S/C22H24N2O4S/c1-15-7-8-17(16(2)12-15)19(25)13-28-22(27)18-6-5-9-23-21(18)29-14-20(26)24-10-3-4-11-24/h5-9,12H,3-4,10-11,13-14H2,1-2H3. The first-order valence-electron chi connectivity index (χ1n) is 9.59. The van der Waals surface area contributed by atoms with Crippen LogP contribution in [0, 0.1) is 13.8 Å². The number of thioether (sulfide) groups is 1. The number of aryl methyl sites for hydroxylation is 2. The van der Waals surface area contributed by atoms with E-state index in [2.05, 4.69) is 4.98 Å². The first kappa shape index (κ1) is 21.0. The maximum absolute atomic E-state index is 12.5. The summed E-state index contributed by atoms with van der Waals surface area (Å²) in [7, 11) is 0. The van der Waals surface area contributed by atoms with Crippen LogP contribution in [-0.2, 0) is 9.53 Å². The van der Waals surface area contributed by atoms with Crippen molar-refractivity contribution >= 4 is 29.4 Å². The van der Waals surface area contributed by atoms with Gasteiger partial charge in [0, 0.05) is 24.8 Å². The van der Waals surface area contributed by atoms with E-state index in [1.165, 1.54) is 11.8 Å². The van der Waals surface area contributed by atoms with Crippen LogP contribution in [0.1, 0.15) is 44.7 Å². The molecule has 6 nitrogen and oxygen atoms in total. The van der Waals surface area contributed by atoms with Gasteiger partial charge in [-0.3, -0.25) is 9.59 Å². The van der Waals surface area contributed by atoms with Crippen molar-refractivity contribution in [3.63, 3.8) is 0 Å². The first-order chi connectivity index (χ1) is 14.0. The largest absolute Gasteiger partial charge is 0.454 e. The molecular formula is C22H24N2O4S. The Hall–Kier alpha value is -2.67. The molecule has 0 spiro atoms. The molecule has 1 aromatic carbocycles. The molecule has 0 N–H and O–H groups in total. The van der Waals surface area contributed by atoms with Crippen LogP contribution in [0.2, 0.25) is 0 Å². The van der Waals surface area contributed by atoms with E-state index >= 15 is 0 Å². The van der Waals surface area contributed by atoms with Gasteiger partial charge in [0.1, 0.15) is 5.03 Å². The van der Waals surface area contributed by atoms with Crippen LogP contribution in [0.25, 0.3) is 0 Å². The number of carbonyl (C=O) groups excluding carboxylic acids is 3. The van der Waals surface area contributed by atoms with Gasteiger partial charge in [-0.05, 0) is 44.4 Å². The number of aromatic nitrogens is 1. The number of pyridine rings is 1. The molecule has 1 fully saturated rings. The van der Waals surface area contributed by atoms with Crippen LogP contribution in [0.15, 0.2) is 41.6 Å². The Morgan fingerprint density at radius 2 is 1.86 bits per heavy atom. The van der Waals surface area contributed by atoms with E-state index in [-0.39, 0.29) is 29.6 Å². The molecule has 3 rings (SSSR count). The molecule has 1 saturated heterocycles. The van der Waals surface area contributed by atoms with Crippen molar-refractivity contribution in [2.75, 3.05) is 25.4 Å². The minimum absolute atomic E-state index is 0.0440. The number of esters is 1. The van der Waals surface area contributed by atoms with E-state index in [1.807, 2.05) is 30.9 Å². The van der Waals surface area contributed by atoms with Gasteiger partial charge in [0.25, 0.3) is 0 Å². The quantitative estimate of drug-likeness (QED) is 0.394. The monoisotopic (exact) mass is 412 g/mol. The van der Waals surface area contributed by atoms with Crippen LogP contribution in [-0.4, -0.2) is 53.0 Å². The third-order valence-electron chi connectivity index (χ3n) is 4.80. The Kier molecular flexibility index (Phi) is 7.04. The van der Waals surface area contributed by atoms with Gasteiger partial charge in [0.05, 0.1) is 11.3 Å². The zero-order valence-corrected chi connectivity index (χ0v) is 17.5. The van der Waals surface area contributed by atoms with Gasteiger partial charge < -0.3 is 9.64 Å². The number of nitrogens with zero attached hydrogens (tertiary/aromatic N) is 2. The lowest BCUT2D eigenvalue weighted by atomic mass is 10.0. The maximum atomic E-state index is 12.5. The number of Topliss-reactive ketones (excluding diaryl/α,β-unsaturated/α-hetero) is 1. The van der Waals surface area contributed by atoms with Crippen molar-refractivity contribution in [3.05, 3.63) is 58.8 Å². The lowest BCUT2D eigenvalue weighted by Crippen LogP contribution is -2.29. The highest BCUT2D eigenvalue weighted by Gasteiger charge is 2.21. The third-order valence-corrected chi connectivity index (χ3v) is 5.79. The van der Waals surface area contributed by atoms with Crippen molar-refractivity contribution in [1.82, 2.24) is 9.88 Å². The Labute approximate surface area is 174 Å². The molecule has 0 unspecified atom stereocenters. The van der Waals surface area contributed by atoms with E-state index in [9.17, 15) is 14.4 Å². The summed E-state index contributed by atoms with van der Waals surface area (Å²) < 4.78 is 5.24. The normalized spacial score (nSPS) is 13.4. The fourth-order valence-electron chi connectivity index (χ4n) is 3.26. The highest BCUT2D eigenvalue weighted by Crippen LogP contribution is 2.22. The predicted molar refractivity (Wildman–Crippen MR) is 111 cm³/mol. The second kappa shape index (κ2) is 9.69. The second-order valence-corrected chi connectivity index (χ2v) is 8.01. The molecule has 1 aromatic heterocycles. The number of ketones is 1. The Bertz CT molecular complexity index is 923. The number of likely N-dealkylation sites (tertiary alicyclic amines) is 1. The van der Waals surface area contributed by atoms with E-state index in [1.54, 1.807) is 24.4 Å². The van der Waals surface area contributed by atoms with Gasteiger partial charge in [-0.1, -0.05) is 35.5 Å². The number of hydrogen-bond donors (Lipinski definition) is 0. The molecule has 2 aromatic rings. The molecule has 2 heterocycles. The smallest absolute Gasteiger partial charge is 0.341 e. The molecule has 0 atom stereocenters. The molecule has 1 aliphatic rings. The van der Waals surface area contributed by atoms with Gasteiger partial charge in [0.15, 0.2) is 6.61 Å². The van der Waals surface area contributed by atoms with E-state index in [0.29, 0.717) is 10.6 Å². The molecule has 1 amide bonds.